The Morgan fingerprint density at radius 1 is 0.667 bits per heavy atom. The first-order valence-electron chi connectivity index (χ1n) is 6.28. The van der Waals surface area contributed by atoms with Crippen LogP contribution in [-0.2, 0) is 0 Å². The summed E-state index contributed by atoms with van der Waals surface area (Å²) in [5, 5.41) is 6.44. The van der Waals surface area contributed by atoms with Gasteiger partial charge in [-0.1, -0.05) is 18.2 Å². The Labute approximate surface area is 147 Å². The van der Waals surface area contributed by atoms with Crippen LogP contribution in [-0.4, -0.2) is 0 Å². The van der Waals surface area contributed by atoms with Crippen molar-refractivity contribution in [2.45, 2.75) is 0 Å². The van der Waals surface area contributed by atoms with Crippen molar-refractivity contribution in [3.8, 4) is 30.6 Å². The molecule has 0 amide bonds. The third kappa shape index (κ3) is 2.47. The van der Waals surface area contributed by atoms with Crippen LogP contribution in [0, 0.1) is 0 Å². The van der Waals surface area contributed by atoms with Gasteiger partial charge in [-0.2, -0.15) is 0 Å². The normalized spacial score (nSPS) is 11.1. The summed E-state index contributed by atoms with van der Waals surface area (Å²) in [5.74, 6) is 0. The molecule has 0 saturated heterocycles. The maximum Gasteiger partial charge on any atom is 0.0798 e. The lowest BCUT2D eigenvalue weighted by Gasteiger charge is -2.04. The molecule has 4 aromatic heterocycles. The summed E-state index contributed by atoms with van der Waals surface area (Å²) >= 11 is 11.0. The average Bonchev–Trinajstić information content (AvgIpc) is 3.26. The fraction of sp³-hybridized carbons (Fsp3) is 0. The number of rotatable bonds is 3. The molecule has 0 aromatic carbocycles. The van der Waals surface area contributed by atoms with E-state index in [0.29, 0.717) is 0 Å². The van der Waals surface area contributed by atoms with Crippen LogP contribution in [0.1, 0.15) is 0 Å². The molecule has 0 nitrogen and oxygen atoms in total. The van der Waals surface area contributed by atoms with Gasteiger partial charge in [-0.05, 0) is 50.3 Å². The first kappa shape index (κ1) is 13.9. The van der Waals surface area contributed by atoms with Crippen LogP contribution >= 0.6 is 61.3 Å². The second kappa shape index (κ2) is 5.82. The highest BCUT2D eigenvalue weighted by molar-refractivity contribution is 9.11. The molecule has 0 aliphatic carbocycles. The maximum atomic E-state index is 3.79. The predicted octanol–water partition coefficient (Wildman–Crippen LogP) is 7.70. The van der Waals surface area contributed by atoms with Crippen LogP contribution in [0.3, 0.4) is 0 Å². The van der Waals surface area contributed by atoms with Crippen molar-refractivity contribution in [1.29, 1.82) is 0 Å². The third-order valence-electron chi connectivity index (χ3n) is 3.15. The highest BCUT2D eigenvalue weighted by Gasteiger charge is 2.22. The lowest BCUT2D eigenvalue weighted by molar-refractivity contribution is 1.81. The largest absolute Gasteiger partial charge is 0.144 e. The summed E-state index contributed by atoms with van der Waals surface area (Å²) < 4.78 is 1.22. The van der Waals surface area contributed by atoms with Crippen LogP contribution in [0.25, 0.3) is 30.6 Å². The van der Waals surface area contributed by atoms with E-state index in [0.717, 1.165) is 0 Å². The summed E-state index contributed by atoms with van der Waals surface area (Å²) in [6.07, 6.45) is 0. The van der Waals surface area contributed by atoms with Crippen LogP contribution in [0.5, 0.6) is 0 Å². The van der Waals surface area contributed by atoms with Gasteiger partial charge in [-0.3, -0.25) is 0 Å². The standard InChI is InChI=1S/C16H9BrS4/c17-16-14(11-5-2-8-19-11)13(10-4-1-7-18-10)15(21-16)12-6-3-9-20-12/h1-9H. The van der Waals surface area contributed by atoms with Crippen molar-refractivity contribution in [2.75, 3.05) is 0 Å². The minimum Gasteiger partial charge on any atom is -0.144 e. The second-order valence-corrected chi connectivity index (χ2v) is 9.57. The fourth-order valence-electron chi connectivity index (χ4n) is 2.28. The number of hydrogen-bond donors (Lipinski definition) is 0. The number of thiophene rings is 4. The zero-order chi connectivity index (χ0) is 14.2. The van der Waals surface area contributed by atoms with E-state index in [9.17, 15) is 0 Å². The summed E-state index contributed by atoms with van der Waals surface area (Å²) in [6, 6.07) is 13.0. The van der Waals surface area contributed by atoms with Crippen LogP contribution in [0.4, 0.5) is 0 Å². The Bertz CT molecular complexity index is 837. The Kier molecular flexibility index (Phi) is 3.85. The first-order chi connectivity index (χ1) is 10.3. The summed E-state index contributed by atoms with van der Waals surface area (Å²) in [4.78, 5) is 5.36. The van der Waals surface area contributed by atoms with Gasteiger partial charge < -0.3 is 0 Å². The molecule has 5 heteroatoms. The number of halogens is 1. The quantitative estimate of drug-likeness (QED) is 0.325. The van der Waals surface area contributed by atoms with Gasteiger partial charge in [-0.25, -0.2) is 0 Å². The first-order valence-corrected chi connectivity index (χ1v) is 10.5. The minimum atomic E-state index is 1.22. The topological polar surface area (TPSA) is 0 Å². The summed E-state index contributed by atoms with van der Waals surface area (Å²) in [7, 11) is 0. The third-order valence-corrected chi connectivity index (χ3v) is 7.83. The molecule has 21 heavy (non-hydrogen) atoms. The molecular formula is C16H9BrS4. The molecule has 0 fully saturated rings. The van der Waals surface area contributed by atoms with Gasteiger partial charge in [0.25, 0.3) is 0 Å². The monoisotopic (exact) mass is 408 g/mol. The van der Waals surface area contributed by atoms with E-state index < -0.39 is 0 Å². The predicted molar refractivity (Wildman–Crippen MR) is 102 cm³/mol. The van der Waals surface area contributed by atoms with Crippen LogP contribution in [0.15, 0.2) is 56.3 Å². The molecule has 0 N–H and O–H groups in total. The molecule has 4 rings (SSSR count). The molecule has 4 aromatic rings. The Balaban J connectivity index is 2.04. The Morgan fingerprint density at radius 3 is 1.71 bits per heavy atom. The van der Waals surface area contributed by atoms with Crippen LogP contribution in [0.2, 0.25) is 0 Å². The lowest BCUT2D eigenvalue weighted by atomic mass is 10.1. The summed E-state index contributed by atoms with van der Waals surface area (Å²) in [5.41, 5.74) is 2.70. The number of hydrogen-bond acceptors (Lipinski definition) is 4. The van der Waals surface area contributed by atoms with Crippen molar-refractivity contribution < 1.29 is 0 Å². The van der Waals surface area contributed by atoms with Gasteiger partial charge in [-0.15, -0.1) is 45.3 Å². The van der Waals surface area contributed by atoms with Gasteiger partial charge in [0, 0.05) is 25.8 Å². The SMILES string of the molecule is Brc1sc(-c2cccs2)c(-c2cccs2)c1-c1cccs1. The molecular weight excluding hydrogens is 400 g/mol. The van der Waals surface area contributed by atoms with E-state index in [2.05, 4.69) is 68.5 Å². The van der Waals surface area contributed by atoms with E-state index >= 15 is 0 Å². The second-order valence-electron chi connectivity index (χ2n) is 4.39. The van der Waals surface area contributed by atoms with E-state index in [1.54, 1.807) is 22.7 Å². The molecule has 0 saturated carbocycles. The minimum absolute atomic E-state index is 1.22. The molecule has 0 aliphatic heterocycles. The molecule has 104 valence electrons. The van der Waals surface area contributed by atoms with E-state index in [1.807, 2.05) is 22.7 Å². The van der Waals surface area contributed by atoms with Gasteiger partial charge >= 0.3 is 0 Å². The Hall–Kier alpha value is -0.720. The van der Waals surface area contributed by atoms with Crippen molar-refractivity contribution >= 4 is 61.3 Å². The molecule has 0 radical (unpaired) electrons. The lowest BCUT2D eigenvalue weighted by Crippen LogP contribution is -1.77. The highest BCUT2D eigenvalue weighted by Crippen LogP contribution is 2.52. The Morgan fingerprint density at radius 2 is 1.19 bits per heavy atom. The van der Waals surface area contributed by atoms with E-state index in [-0.39, 0.29) is 0 Å². The van der Waals surface area contributed by atoms with Crippen molar-refractivity contribution in [3.63, 3.8) is 0 Å². The van der Waals surface area contributed by atoms with Gasteiger partial charge in [0.15, 0.2) is 0 Å². The van der Waals surface area contributed by atoms with Gasteiger partial charge in [0.2, 0.25) is 0 Å². The zero-order valence-electron chi connectivity index (χ0n) is 10.7. The van der Waals surface area contributed by atoms with Gasteiger partial charge in [0.1, 0.15) is 0 Å². The fourth-order valence-corrected chi connectivity index (χ4v) is 6.92. The zero-order valence-corrected chi connectivity index (χ0v) is 15.6. The molecule has 0 unspecified atom stereocenters. The molecule has 0 bridgehead atoms. The van der Waals surface area contributed by atoms with E-state index in [1.165, 1.54) is 34.4 Å². The van der Waals surface area contributed by atoms with E-state index in [4.69, 9.17) is 0 Å². The van der Waals surface area contributed by atoms with Crippen LogP contribution < -0.4 is 0 Å². The highest BCUT2D eigenvalue weighted by atomic mass is 79.9. The average molecular weight is 409 g/mol. The molecule has 0 spiro atoms. The molecule has 0 aliphatic rings. The van der Waals surface area contributed by atoms with Crippen molar-refractivity contribution in [1.82, 2.24) is 0 Å². The smallest absolute Gasteiger partial charge is 0.0798 e. The van der Waals surface area contributed by atoms with Crippen molar-refractivity contribution in [3.05, 3.63) is 56.3 Å². The molecule has 0 atom stereocenters. The maximum absolute atomic E-state index is 3.79. The van der Waals surface area contributed by atoms with Crippen molar-refractivity contribution in [2.24, 2.45) is 0 Å². The van der Waals surface area contributed by atoms with Gasteiger partial charge in [0.05, 0.1) is 8.66 Å². The summed E-state index contributed by atoms with van der Waals surface area (Å²) in [6.45, 7) is 0. The molecule has 4 heterocycles.